The minimum absolute atomic E-state index is 0.123. The van der Waals surface area contributed by atoms with Crippen LogP contribution in [0.3, 0.4) is 0 Å². The minimum atomic E-state index is -0.329. The second kappa shape index (κ2) is 23.6. The zero-order valence-electron chi connectivity index (χ0n) is 37.6. The number of carbonyl (C=O) groups is 12. The third-order valence-corrected chi connectivity index (χ3v) is 13.0. The van der Waals surface area contributed by atoms with Crippen molar-refractivity contribution in [1.29, 1.82) is 0 Å². The van der Waals surface area contributed by atoms with Gasteiger partial charge in [-0.1, -0.05) is 57.8 Å². The molecule has 18 nitrogen and oxygen atoms in total. The van der Waals surface area contributed by atoms with Crippen molar-refractivity contribution in [3.8, 4) is 0 Å². The normalized spacial score (nSPS) is 23.8. The molecule has 356 valence electrons. The molecule has 0 bridgehead atoms. The molecule has 5 fully saturated rings. The molecule has 0 aromatic heterocycles. The number of amides is 12. The maximum atomic E-state index is 11.4. The summed E-state index contributed by atoms with van der Waals surface area (Å²) in [6.45, 7) is 0. The summed E-state index contributed by atoms with van der Waals surface area (Å²) in [5, 5.41) is 2.03. The Balaban J connectivity index is 0.000000134. The average Bonchev–Trinajstić information content (AvgIpc) is 3.82. The van der Waals surface area contributed by atoms with Crippen LogP contribution in [0.2, 0.25) is 0 Å². The van der Waals surface area contributed by atoms with Crippen molar-refractivity contribution in [2.75, 3.05) is 0 Å². The molecule has 0 aromatic rings. The fourth-order valence-electron chi connectivity index (χ4n) is 9.21. The van der Waals surface area contributed by atoms with Gasteiger partial charge in [0, 0.05) is 103 Å². The summed E-state index contributed by atoms with van der Waals surface area (Å²) >= 11 is 0. The van der Waals surface area contributed by atoms with Gasteiger partial charge in [-0.05, 0) is 70.6 Å². The topological polar surface area (TPSA) is 233 Å². The smallest absolute Gasteiger partial charge is 0.253 e. The van der Waals surface area contributed by atoms with Gasteiger partial charge in [-0.3, -0.25) is 87.4 Å². The number of carbonyl (C=O) groups excluding carboxylic acids is 12. The summed E-state index contributed by atoms with van der Waals surface area (Å²) in [4.78, 5) is 139. The van der Waals surface area contributed by atoms with Crippen molar-refractivity contribution in [3.63, 3.8) is 0 Å². The van der Waals surface area contributed by atoms with E-state index in [0.29, 0.717) is 0 Å². The molecule has 5 aliphatic carbocycles. The maximum Gasteiger partial charge on any atom is 0.253 e. The van der Waals surface area contributed by atoms with Crippen molar-refractivity contribution in [1.82, 2.24) is 29.8 Å². The van der Waals surface area contributed by atoms with Crippen LogP contribution in [0, 0.1) is 0 Å². The summed E-state index contributed by atoms with van der Waals surface area (Å²) in [5.41, 5.74) is 0. The number of hydrogen-bond acceptors (Lipinski definition) is 12. The van der Waals surface area contributed by atoms with Crippen LogP contribution in [-0.4, -0.2) is 126 Å². The number of imide groups is 6. The lowest BCUT2D eigenvalue weighted by atomic mass is 9.92. The van der Waals surface area contributed by atoms with Crippen molar-refractivity contribution in [2.45, 2.75) is 159 Å². The molecule has 0 aromatic carbocycles. The highest BCUT2D eigenvalue weighted by Crippen LogP contribution is 2.30. The second-order valence-electron chi connectivity index (χ2n) is 17.8. The van der Waals surface area contributed by atoms with Crippen LogP contribution in [0.4, 0.5) is 0 Å². The third kappa shape index (κ3) is 13.4. The van der Waals surface area contributed by atoms with E-state index in [1.165, 1.54) is 117 Å². The Bertz CT molecular complexity index is 2090. The van der Waals surface area contributed by atoms with Gasteiger partial charge in [-0.25, -0.2) is 0 Å². The van der Waals surface area contributed by atoms with E-state index in [4.69, 9.17) is 0 Å². The molecule has 11 rings (SSSR count). The van der Waals surface area contributed by atoms with Gasteiger partial charge in [0.2, 0.25) is 0 Å². The number of nitrogens with one attached hydrogen (secondary N) is 1. The molecule has 6 heterocycles. The van der Waals surface area contributed by atoms with Crippen LogP contribution >= 0.6 is 0 Å². The van der Waals surface area contributed by atoms with Gasteiger partial charge in [0.15, 0.2) is 0 Å². The van der Waals surface area contributed by atoms with Crippen molar-refractivity contribution in [2.24, 2.45) is 0 Å². The zero-order chi connectivity index (χ0) is 48.0. The molecule has 6 aliphatic heterocycles. The lowest BCUT2D eigenvalue weighted by Crippen LogP contribution is -2.43. The Morgan fingerprint density at radius 3 is 0.582 bits per heavy atom. The lowest BCUT2D eigenvalue weighted by Gasteiger charge is -2.32. The molecule has 11 aliphatic rings. The monoisotopic (exact) mass is 922 g/mol. The number of rotatable bonds is 5. The summed E-state index contributed by atoms with van der Waals surface area (Å²) in [5.74, 6) is -1.99. The Morgan fingerprint density at radius 2 is 0.418 bits per heavy atom. The van der Waals surface area contributed by atoms with Gasteiger partial charge in [0.1, 0.15) is 0 Å². The minimum Gasteiger partial charge on any atom is -0.289 e. The summed E-state index contributed by atoms with van der Waals surface area (Å²) in [6, 6.07) is 0.927. The Kier molecular flexibility index (Phi) is 17.5. The zero-order valence-corrected chi connectivity index (χ0v) is 37.6. The molecule has 0 radical (unpaired) electrons. The molecule has 18 heteroatoms. The summed E-state index contributed by atoms with van der Waals surface area (Å²) in [7, 11) is 0. The Hall–Kier alpha value is -6.72. The molecule has 0 unspecified atom stereocenters. The van der Waals surface area contributed by atoms with Crippen LogP contribution in [0.25, 0.3) is 0 Å². The fourth-order valence-corrected chi connectivity index (χ4v) is 9.21. The molecule has 0 saturated heterocycles. The Morgan fingerprint density at radius 1 is 0.239 bits per heavy atom. The molecule has 5 saturated carbocycles. The van der Waals surface area contributed by atoms with Crippen LogP contribution in [0.5, 0.6) is 0 Å². The SMILES string of the molecule is O=C1C=CC(=O)N1.O=C1C=CC(=O)N1C1CC1.O=C1C=CC(=O)N1C1CCC1.O=C1C=CC(=O)N1C1CCCC1.O=C1C=CC(=O)N1C1CCCCC1.O=C1C=CC(=O)N1C1CCCCCC1. The predicted molar refractivity (Wildman–Crippen MR) is 239 cm³/mol. The standard InChI is InChI=1S/C11H15NO2.C10H13NO2.C9H11NO2.C8H9NO2.C7H7NO2.C4H3NO2/c13-10-7-8-11(14)12(10)9-5-3-1-2-4-6-9;12-9-6-7-10(13)11(9)8-4-2-1-3-5-8;11-8-5-6-9(12)10(8)7-3-1-2-4-7;10-7-4-5-8(11)9(7)6-2-1-3-6;9-6-3-4-7(10)8(6)5-1-2-5;6-3-1-2-4(7)5-3/h7-9H,1-6H2;6-8H,1-5H2;5-7H,1-4H2;4-6H,1-3H2;3-5H,1-2H2;1-2H,(H,5,6,7). The van der Waals surface area contributed by atoms with Gasteiger partial charge >= 0.3 is 0 Å². The quantitative estimate of drug-likeness (QED) is 0.309. The fraction of sp³-hybridized carbons (Fsp3) is 0.510. The first-order chi connectivity index (χ1) is 32.2. The van der Waals surface area contributed by atoms with Crippen molar-refractivity contribution >= 4 is 70.9 Å². The highest BCUT2D eigenvalue weighted by molar-refractivity contribution is 6.16. The van der Waals surface area contributed by atoms with Gasteiger partial charge in [0.05, 0.1) is 0 Å². The van der Waals surface area contributed by atoms with Crippen LogP contribution in [-0.2, 0) is 57.5 Å². The highest BCUT2D eigenvalue weighted by Gasteiger charge is 2.38. The van der Waals surface area contributed by atoms with Crippen molar-refractivity contribution < 1.29 is 57.5 Å². The molecule has 0 spiro atoms. The second-order valence-corrected chi connectivity index (χ2v) is 17.8. The Labute approximate surface area is 388 Å². The van der Waals surface area contributed by atoms with Crippen molar-refractivity contribution in [3.05, 3.63) is 72.9 Å². The van der Waals surface area contributed by atoms with E-state index in [9.17, 15) is 57.5 Å². The first-order valence-corrected chi connectivity index (χ1v) is 23.5. The molecule has 1 N–H and O–H groups in total. The van der Waals surface area contributed by atoms with Gasteiger partial charge in [-0.2, -0.15) is 0 Å². The van der Waals surface area contributed by atoms with E-state index in [1.807, 2.05) is 5.32 Å². The van der Waals surface area contributed by atoms with E-state index in [1.54, 1.807) is 0 Å². The van der Waals surface area contributed by atoms with Crippen LogP contribution in [0.15, 0.2) is 72.9 Å². The molecular formula is C49H58N6O12. The van der Waals surface area contributed by atoms with E-state index in [0.717, 1.165) is 109 Å². The maximum absolute atomic E-state index is 11.4. The highest BCUT2D eigenvalue weighted by atomic mass is 16.2. The first kappa shape index (κ1) is 49.7. The van der Waals surface area contributed by atoms with Crippen LogP contribution in [0.1, 0.15) is 128 Å². The van der Waals surface area contributed by atoms with Gasteiger partial charge in [0.25, 0.3) is 70.9 Å². The molecule has 12 amide bonds. The number of nitrogens with zero attached hydrogens (tertiary/aromatic N) is 5. The van der Waals surface area contributed by atoms with E-state index >= 15 is 0 Å². The predicted octanol–water partition coefficient (Wildman–Crippen LogP) is 3.47. The van der Waals surface area contributed by atoms with E-state index < -0.39 is 0 Å². The molecule has 0 atom stereocenters. The summed E-state index contributed by atoms with van der Waals surface area (Å²) < 4.78 is 0. The lowest BCUT2D eigenvalue weighted by molar-refractivity contribution is -0.142. The van der Waals surface area contributed by atoms with Crippen LogP contribution < -0.4 is 5.32 Å². The third-order valence-electron chi connectivity index (χ3n) is 13.0. The van der Waals surface area contributed by atoms with E-state index in [-0.39, 0.29) is 101 Å². The van der Waals surface area contributed by atoms with Gasteiger partial charge < -0.3 is 0 Å². The number of hydrogen-bond donors (Lipinski definition) is 1. The molecular weight excluding hydrogens is 865 g/mol. The first-order valence-electron chi connectivity index (χ1n) is 23.5. The average molecular weight is 923 g/mol. The van der Waals surface area contributed by atoms with E-state index in [2.05, 4.69) is 0 Å². The summed E-state index contributed by atoms with van der Waals surface area (Å²) in [6.07, 6.45) is 37.5. The van der Waals surface area contributed by atoms with Gasteiger partial charge in [-0.15, -0.1) is 0 Å². The largest absolute Gasteiger partial charge is 0.289 e. The molecule has 67 heavy (non-hydrogen) atoms.